The average molecular weight is 292 g/mol. The van der Waals surface area contributed by atoms with Crippen LogP contribution in [-0.2, 0) is 17.0 Å². The maximum Gasteiger partial charge on any atom is 0.371 e. The van der Waals surface area contributed by atoms with Gasteiger partial charge in [0.1, 0.15) is 5.76 Å². The Morgan fingerprint density at radius 1 is 1.05 bits per heavy atom. The first kappa shape index (κ1) is 14.2. The van der Waals surface area contributed by atoms with E-state index in [2.05, 4.69) is 0 Å². The van der Waals surface area contributed by atoms with E-state index in [4.69, 9.17) is 14.6 Å². The lowest BCUT2D eigenvalue weighted by molar-refractivity contribution is -0.136. The predicted octanol–water partition coefficient (Wildman–Crippen LogP) is 2.90. The zero-order chi connectivity index (χ0) is 14.5. The van der Waals surface area contributed by atoms with Gasteiger partial charge in [-0.15, -0.1) is 11.8 Å². The summed E-state index contributed by atoms with van der Waals surface area (Å²) < 4.78 is 5.15. The summed E-state index contributed by atoms with van der Waals surface area (Å²) in [5.74, 6) is -0.910. The second-order valence-electron chi connectivity index (χ2n) is 4.07. The van der Waals surface area contributed by atoms with Crippen LogP contribution in [-0.4, -0.2) is 22.2 Å². The van der Waals surface area contributed by atoms with Crippen molar-refractivity contribution in [2.24, 2.45) is 0 Å². The Balaban J connectivity index is 1.93. The molecule has 2 N–H and O–H groups in total. The second-order valence-corrected chi connectivity index (χ2v) is 5.12. The molecule has 2 rings (SSSR count). The summed E-state index contributed by atoms with van der Waals surface area (Å²) in [6.45, 7) is 0. The number of carboxylic acids is 2. The van der Waals surface area contributed by atoms with Gasteiger partial charge in [-0.05, 0) is 29.8 Å². The lowest BCUT2D eigenvalue weighted by Crippen LogP contribution is -1.99. The zero-order valence-electron chi connectivity index (χ0n) is 10.4. The molecule has 0 saturated carbocycles. The number of hydrogen-bond acceptors (Lipinski definition) is 4. The van der Waals surface area contributed by atoms with Crippen molar-refractivity contribution in [1.82, 2.24) is 0 Å². The Morgan fingerprint density at radius 2 is 1.75 bits per heavy atom. The van der Waals surface area contributed by atoms with Crippen LogP contribution in [0, 0.1) is 0 Å². The van der Waals surface area contributed by atoms with Gasteiger partial charge in [-0.3, -0.25) is 4.79 Å². The van der Waals surface area contributed by atoms with Gasteiger partial charge in [0.2, 0.25) is 5.76 Å². The molecule has 0 amide bonds. The minimum Gasteiger partial charge on any atom is -0.481 e. The van der Waals surface area contributed by atoms with Gasteiger partial charge in [-0.1, -0.05) is 12.1 Å². The third-order valence-corrected chi connectivity index (χ3v) is 3.57. The third-order valence-electron chi connectivity index (χ3n) is 2.53. The van der Waals surface area contributed by atoms with Crippen LogP contribution in [0.5, 0.6) is 0 Å². The molecule has 104 valence electrons. The molecule has 0 unspecified atom stereocenters. The van der Waals surface area contributed by atoms with Crippen molar-refractivity contribution in [3.05, 3.63) is 53.5 Å². The molecule has 0 fully saturated rings. The van der Waals surface area contributed by atoms with Crippen LogP contribution < -0.4 is 0 Å². The molecular formula is C14H12O5S. The maximum absolute atomic E-state index is 10.7. The molecule has 1 aromatic heterocycles. The molecule has 1 heterocycles. The Morgan fingerprint density at radius 3 is 2.30 bits per heavy atom. The van der Waals surface area contributed by atoms with Gasteiger partial charge in [0, 0.05) is 4.90 Å². The highest BCUT2D eigenvalue weighted by molar-refractivity contribution is 7.98. The molecule has 5 nitrogen and oxygen atoms in total. The summed E-state index contributed by atoms with van der Waals surface area (Å²) in [5, 5.41) is 17.4. The Kier molecular flexibility index (Phi) is 4.47. The number of thioether (sulfide) groups is 1. The highest BCUT2D eigenvalue weighted by atomic mass is 32.2. The van der Waals surface area contributed by atoms with E-state index in [0.29, 0.717) is 11.5 Å². The number of aliphatic carboxylic acids is 1. The van der Waals surface area contributed by atoms with Crippen LogP contribution in [0.15, 0.2) is 45.7 Å². The molecule has 20 heavy (non-hydrogen) atoms. The van der Waals surface area contributed by atoms with Gasteiger partial charge in [-0.25, -0.2) is 4.79 Å². The fourth-order valence-corrected chi connectivity index (χ4v) is 2.40. The van der Waals surface area contributed by atoms with Gasteiger partial charge < -0.3 is 14.6 Å². The molecule has 6 heteroatoms. The smallest absolute Gasteiger partial charge is 0.371 e. The summed E-state index contributed by atoms with van der Waals surface area (Å²) in [5.41, 5.74) is 0.744. The van der Waals surface area contributed by atoms with Gasteiger partial charge in [-0.2, -0.15) is 0 Å². The molecular weight excluding hydrogens is 280 g/mol. The van der Waals surface area contributed by atoms with E-state index in [0.717, 1.165) is 10.5 Å². The first-order valence-electron chi connectivity index (χ1n) is 5.80. The van der Waals surface area contributed by atoms with Gasteiger partial charge in [0.25, 0.3) is 0 Å². The van der Waals surface area contributed by atoms with E-state index in [1.807, 2.05) is 12.1 Å². The summed E-state index contributed by atoms with van der Waals surface area (Å²) in [6, 6.07) is 10.3. The van der Waals surface area contributed by atoms with Crippen molar-refractivity contribution >= 4 is 23.7 Å². The SMILES string of the molecule is O=C(O)Cc1ccc(SCc2ccc(C(=O)O)o2)cc1. The van der Waals surface area contributed by atoms with Crippen molar-refractivity contribution in [1.29, 1.82) is 0 Å². The number of aromatic carboxylic acids is 1. The Bertz CT molecular complexity index is 615. The van der Waals surface area contributed by atoms with Crippen LogP contribution >= 0.6 is 11.8 Å². The standard InChI is InChI=1S/C14H12O5S/c15-13(16)7-9-1-4-11(5-2-9)20-8-10-3-6-12(19-10)14(17)18/h1-6H,7-8H2,(H,15,16)(H,17,18). The first-order valence-corrected chi connectivity index (χ1v) is 6.78. The van der Waals surface area contributed by atoms with Crippen molar-refractivity contribution in [2.45, 2.75) is 17.1 Å². The topological polar surface area (TPSA) is 87.7 Å². The molecule has 2 aromatic rings. The van der Waals surface area contributed by atoms with Crippen molar-refractivity contribution < 1.29 is 24.2 Å². The highest BCUT2D eigenvalue weighted by Crippen LogP contribution is 2.24. The zero-order valence-corrected chi connectivity index (χ0v) is 11.2. The quantitative estimate of drug-likeness (QED) is 0.796. The molecule has 0 aliphatic heterocycles. The average Bonchev–Trinajstić information content (AvgIpc) is 2.86. The molecule has 0 radical (unpaired) electrons. The third kappa shape index (κ3) is 3.89. The number of rotatable bonds is 6. The normalized spacial score (nSPS) is 10.4. The van der Waals surface area contributed by atoms with Crippen LogP contribution in [0.4, 0.5) is 0 Å². The summed E-state index contributed by atoms with van der Waals surface area (Å²) in [7, 11) is 0. The monoisotopic (exact) mass is 292 g/mol. The number of furan rings is 1. The lowest BCUT2D eigenvalue weighted by Gasteiger charge is -2.01. The lowest BCUT2D eigenvalue weighted by atomic mass is 10.2. The number of carbonyl (C=O) groups is 2. The van der Waals surface area contributed by atoms with E-state index in [-0.39, 0.29) is 12.2 Å². The Labute approximate surface area is 119 Å². The van der Waals surface area contributed by atoms with Crippen LogP contribution in [0.1, 0.15) is 21.9 Å². The molecule has 0 saturated heterocycles. The number of carboxylic acid groups (broad SMARTS) is 2. The second kappa shape index (κ2) is 6.29. The first-order chi connectivity index (χ1) is 9.54. The van der Waals surface area contributed by atoms with Gasteiger partial charge in [0.05, 0.1) is 12.2 Å². The fraction of sp³-hybridized carbons (Fsp3) is 0.143. The van der Waals surface area contributed by atoms with E-state index in [1.54, 1.807) is 18.2 Å². The van der Waals surface area contributed by atoms with Crippen molar-refractivity contribution in [3.8, 4) is 0 Å². The van der Waals surface area contributed by atoms with E-state index in [9.17, 15) is 9.59 Å². The summed E-state index contributed by atoms with van der Waals surface area (Å²) >= 11 is 1.49. The maximum atomic E-state index is 10.7. The molecule has 0 aliphatic rings. The predicted molar refractivity (Wildman–Crippen MR) is 73.0 cm³/mol. The van der Waals surface area contributed by atoms with Crippen LogP contribution in [0.3, 0.4) is 0 Å². The highest BCUT2D eigenvalue weighted by Gasteiger charge is 2.09. The van der Waals surface area contributed by atoms with Crippen molar-refractivity contribution in [3.63, 3.8) is 0 Å². The van der Waals surface area contributed by atoms with E-state index >= 15 is 0 Å². The van der Waals surface area contributed by atoms with E-state index < -0.39 is 11.9 Å². The minimum absolute atomic E-state index is 0.00506. The van der Waals surface area contributed by atoms with Gasteiger partial charge in [0.15, 0.2) is 0 Å². The largest absolute Gasteiger partial charge is 0.481 e. The Hall–Kier alpha value is -2.21. The van der Waals surface area contributed by atoms with Gasteiger partial charge >= 0.3 is 11.9 Å². The molecule has 1 aromatic carbocycles. The molecule has 0 aliphatic carbocycles. The summed E-state index contributed by atoms with van der Waals surface area (Å²) in [6.07, 6.45) is 0.00506. The van der Waals surface area contributed by atoms with Crippen LogP contribution in [0.25, 0.3) is 0 Å². The molecule has 0 bridgehead atoms. The fourth-order valence-electron chi connectivity index (χ4n) is 1.60. The van der Waals surface area contributed by atoms with Crippen molar-refractivity contribution in [2.75, 3.05) is 0 Å². The van der Waals surface area contributed by atoms with E-state index in [1.165, 1.54) is 17.8 Å². The molecule has 0 spiro atoms. The number of benzene rings is 1. The summed E-state index contributed by atoms with van der Waals surface area (Å²) in [4.78, 5) is 22.2. The van der Waals surface area contributed by atoms with Crippen LogP contribution in [0.2, 0.25) is 0 Å². The minimum atomic E-state index is -1.08. The number of hydrogen-bond donors (Lipinski definition) is 2. The molecule has 0 atom stereocenters.